The topological polar surface area (TPSA) is 132 Å². The molecule has 0 bridgehead atoms. The van der Waals surface area contributed by atoms with Crippen molar-refractivity contribution in [2.75, 3.05) is 19.5 Å². The van der Waals surface area contributed by atoms with Gasteiger partial charge in [0, 0.05) is 30.3 Å². The highest BCUT2D eigenvalue weighted by atomic mass is 16.5. The molecule has 3 aromatic carbocycles. The van der Waals surface area contributed by atoms with E-state index in [2.05, 4.69) is 10.6 Å². The molecule has 2 N–H and O–H groups in total. The van der Waals surface area contributed by atoms with Crippen molar-refractivity contribution in [2.24, 2.45) is 0 Å². The van der Waals surface area contributed by atoms with E-state index in [0.29, 0.717) is 39.6 Å². The van der Waals surface area contributed by atoms with Gasteiger partial charge in [0.05, 0.1) is 19.8 Å². The van der Waals surface area contributed by atoms with Gasteiger partial charge in [-0.05, 0) is 48.4 Å². The molecule has 2 heterocycles. The molecule has 1 fully saturated rings. The molecule has 2 aliphatic rings. The van der Waals surface area contributed by atoms with Crippen LogP contribution in [-0.2, 0) is 27.5 Å². The molecular formula is C29H27N3O8. The number of fused-ring (bicyclic) bond motifs is 1. The molecule has 0 saturated carbocycles. The first-order chi connectivity index (χ1) is 19.4. The summed E-state index contributed by atoms with van der Waals surface area (Å²) in [6.45, 7) is 0.0704. The van der Waals surface area contributed by atoms with Gasteiger partial charge >= 0.3 is 6.09 Å². The quantitative estimate of drug-likeness (QED) is 0.406. The lowest BCUT2D eigenvalue weighted by Gasteiger charge is -2.29. The second-order valence-electron chi connectivity index (χ2n) is 9.20. The van der Waals surface area contributed by atoms with E-state index in [0.717, 1.165) is 0 Å². The first-order valence-corrected chi connectivity index (χ1v) is 12.6. The van der Waals surface area contributed by atoms with Gasteiger partial charge in [-0.2, -0.15) is 0 Å². The third-order valence-electron chi connectivity index (χ3n) is 6.67. The molecule has 0 radical (unpaired) electrons. The number of amides is 4. The summed E-state index contributed by atoms with van der Waals surface area (Å²) in [6.07, 6.45) is -0.267. The van der Waals surface area contributed by atoms with Gasteiger partial charge in [-0.1, -0.05) is 18.2 Å². The number of hydrogen-bond donors (Lipinski definition) is 2. The zero-order chi connectivity index (χ0) is 28.2. The van der Waals surface area contributed by atoms with Crippen LogP contribution in [0.2, 0.25) is 0 Å². The highest BCUT2D eigenvalue weighted by Gasteiger charge is 2.41. The number of carbonyl (C=O) groups is 4. The fourth-order valence-corrected chi connectivity index (χ4v) is 4.71. The predicted molar refractivity (Wildman–Crippen MR) is 142 cm³/mol. The minimum Gasteiger partial charge on any atom is -0.497 e. The predicted octanol–water partition coefficient (Wildman–Crippen LogP) is 4.01. The molecule has 2 aliphatic heterocycles. The van der Waals surface area contributed by atoms with Gasteiger partial charge in [-0.25, -0.2) is 4.79 Å². The fourth-order valence-electron chi connectivity index (χ4n) is 4.71. The van der Waals surface area contributed by atoms with Gasteiger partial charge in [0.1, 0.15) is 35.6 Å². The Kier molecular flexibility index (Phi) is 7.54. The molecule has 40 heavy (non-hydrogen) atoms. The summed E-state index contributed by atoms with van der Waals surface area (Å²) in [7, 11) is 3.01. The minimum atomic E-state index is -0.736. The maximum Gasteiger partial charge on any atom is 0.411 e. The highest BCUT2D eigenvalue weighted by Crippen LogP contribution is 2.36. The number of hydrogen-bond acceptors (Lipinski definition) is 8. The summed E-state index contributed by atoms with van der Waals surface area (Å²) in [5, 5.41) is 4.94. The molecule has 0 spiro atoms. The molecule has 11 heteroatoms. The van der Waals surface area contributed by atoms with E-state index in [-0.39, 0.29) is 43.6 Å². The van der Waals surface area contributed by atoms with Crippen LogP contribution in [0.5, 0.6) is 23.0 Å². The Balaban J connectivity index is 1.20. The Hall–Kier alpha value is -5.06. The van der Waals surface area contributed by atoms with Crippen molar-refractivity contribution in [3.63, 3.8) is 0 Å². The lowest BCUT2D eigenvalue weighted by atomic mass is 10.0. The Morgan fingerprint density at radius 2 is 1.75 bits per heavy atom. The molecule has 5 rings (SSSR count). The second-order valence-corrected chi connectivity index (χ2v) is 9.20. The molecule has 0 aromatic heterocycles. The van der Waals surface area contributed by atoms with Gasteiger partial charge in [-0.3, -0.25) is 25.0 Å². The van der Waals surface area contributed by atoms with Gasteiger partial charge in [0.25, 0.3) is 5.91 Å². The van der Waals surface area contributed by atoms with Gasteiger partial charge in [0.15, 0.2) is 0 Å². The number of methoxy groups -OCH3 is 2. The van der Waals surface area contributed by atoms with Crippen molar-refractivity contribution >= 4 is 29.5 Å². The minimum absolute atomic E-state index is 0.148. The van der Waals surface area contributed by atoms with Gasteiger partial charge < -0.3 is 23.8 Å². The lowest BCUT2D eigenvalue weighted by Crippen LogP contribution is -2.52. The van der Waals surface area contributed by atoms with E-state index in [1.807, 2.05) is 12.1 Å². The van der Waals surface area contributed by atoms with Crippen molar-refractivity contribution in [1.29, 1.82) is 0 Å². The van der Waals surface area contributed by atoms with Crippen LogP contribution in [0.1, 0.15) is 34.3 Å². The van der Waals surface area contributed by atoms with Gasteiger partial charge in [-0.15, -0.1) is 0 Å². The number of benzene rings is 3. The fraction of sp³-hybridized carbons (Fsp3) is 0.241. The maximum absolute atomic E-state index is 13.3. The average Bonchev–Trinajstić information content (AvgIpc) is 3.28. The number of piperidine rings is 1. The Morgan fingerprint density at radius 3 is 2.48 bits per heavy atom. The number of rotatable bonds is 8. The van der Waals surface area contributed by atoms with Crippen LogP contribution >= 0.6 is 0 Å². The summed E-state index contributed by atoms with van der Waals surface area (Å²) in [6, 6.07) is 16.7. The van der Waals surface area contributed by atoms with Crippen LogP contribution in [0.4, 0.5) is 10.5 Å². The molecule has 11 nitrogen and oxygen atoms in total. The van der Waals surface area contributed by atoms with Crippen molar-refractivity contribution in [3.8, 4) is 23.0 Å². The summed E-state index contributed by atoms with van der Waals surface area (Å²) >= 11 is 0. The average molecular weight is 546 g/mol. The van der Waals surface area contributed by atoms with Crippen LogP contribution in [0.3, 0.4) is 0 Å². The molecule has 1 atom stereocenters. The Labute approximate surface area is 230 Å². The second kappa shape index (κ2) is 11.4. The molecular weight excluding hydrogens is 518 g/mol. The van der Waals surface area contributed by atoms with Crippen molar-refractivity contribution in [2.45, 2.75) is 32.0 Å². The number of imide groups is 1. The van der Waals surface area contributed by atoms with E-state index < -0.39 is 18.0 Å². The SMILES string of the molecule is COc1cccc(Oc2ccc(NC(=O)OCc3ccc4c(c3OC)C(=O)N(C3CCC(=O)NC3=O)C4)cc2)c1. The first-order valence-electron chi connectivity index (χ1n) is 12.6. The first kappa shape index (κ1) is 26.5. The molecule has 4 amide bonds. The molecule has 1 saturated heterocycles. The number of ether oxygens (including phenoxy) is 4. The van der Waals surface area contributed by atoms with Crippen molar-refractivity contribution in [1.82, 2.24) is 10.2 Å². The normalized spacial score (nSPS) is 16.2. The maximum atomic E-state index is 13.3. The standard InChI is InChI=1S/C29H27N3O8/c1-37-21-4-3-5-22(14-21)40-20-10-8-19(9-11-20)30-29(36)39-16-18-7-6-17-15-32(28(35)25(17)26(18)38-2)23-12-13-24(33)31-27(23)34/h3-11,14,23H,12-13,15-16H2,1-2H3,(H,30,36)(H,31,33,34). The number of carbonyl (C=O) groups excluding carboxylic acids is 4. The van der Waals surface area contributed by atoms with Crippen LogP contribution in [0.15, 0.2) is 60.7 Å². The van der Waals surface area contributed by atoms with E-state index >= 15 is 0 Å². The molecule has 1 unspecified atom stereocenters. The van der Waals surface area contributed by atoms with Gasteiger partial charge in [0.2, 0.25) is 11.8 Å². The number of nitrogens with one attached hydrogen (secondary N) is 2. The zero-order valence-electron chi connectivity index (χ0n) is 21.9. The number of nitrogens with zero attached hydrogens (tertiary/aromatic N) is 1. The summed E-state index contributed by atoms with van der Waals surface area (Å²) in [4.78, 5) is 51.0. The van der Waals surface area contributed by atoms with Crippen LogP contribution in [0.25, 0.3) is 0 Å². The summed E-state index contributed by atoms with van der Waals surface area (Å²) in [5.41, 5.74) is 2.01. The molecule has 3 aromatic rings. The Morgan fingerprint density at radius 1 is 0.975 bits per heavy atom. The van der Waals surface area contributed by atoms with E-state index in [4.69, 9.17) is 18.9 Å². The van der Waals surface area contributed by atoms with Crippen molar-refractivity contribution < 1.29 is 38.1 Å². The smallest absolute Gasteiger partial charge is 0.411 e. The van der Waals surface area contributed by atoms with E-state index in [9.17, 15) is 19.2 Å². The summed E-state index contributed by atoms with van der Waals surface area (Å²) < 4.78 is 21.9. The lowest BCUT2D eigenvalue weighted by molar-refractivity contribution is -0.136. The monoisotopic (exact) mass is 545 g/mol. The Bertz CT molecular complexity index is 1470. The van der Waals surface area contributed by atoms with E-state index in [1.165, 1.54) is 12.0 Å². The van der Waals surface area contributed by atoms with Crippen LogP contribution in [-0.4, -0.2) is 49.0 Å². The third kappa shape index (κ3) is 5.53. The molecule has 0 aliphatic carbocycles. The van der Waals surface area contributed by atoms with Crippen LogP contribution in [0, 0.1) is 0 Å². The highest BCUT2D eigenvalue weighted by molar-refractivity contribution is 6.06. The van der Waals surface area contributed by atoms with Crippen molar-refractivity contribution in [3.05, 3.63) is 77.4 Å². The zero-order valence-corrected chi connectivity index (χ0v) is 21.9. The molecule has 206 valence electrons. The van der Waals surface area contributed by atoms with E-state index in [1.54, 1.807) is 55.6 Å². The third-order valence-corrected chi connectivity index (χ3v) is 6.67. The van der Waals surface area contributed by atoms with Crippen LogP contribution < -0.4 is 24.8 Å². The largest absolute Gasteiger partial charge is 0.497 e. The summed E-state index contributed by atoms with van der Waals surface area (Å²) in [5.74, 6) is 0.935. The number of anilines is 1.